The molecule has 0 bridgehead atoms. The number of hydrogen-bond donors (Lipinski definition) is 2. The number of rotatable bonds is 3. The zero-order valence-corrected chi connectivity index (χ0v) is 12.5. The Bertz CT molecular complexity index is 539. The van der Waals surface area contributed by atoms with E-state index in [4.69, 9.17) is 4.74 Å². The Morgan fingerprint density at radius 1 is 1.45 bits per heavy atom. The van der Waals surface area contributed by atoms with Gasteiger partial charge in [-0.2, -0.15) is 0 Å². The molecule has 1 atom stereocenters. The Hall–Kier alpha value is -2.31. The van der Waals surface area contributed by atoms with Crippen molar-refractivity contribution in [2.75, 3.05) is 25.0 Å². The predicted octanol–water partition coefficient (Wildman–Crippen LogP) is 2.57. The Kier molecular flexibility index (Phi) is 5.57. The van der Waals surface area contributed by atoms with E-state index in [0.717, 1.165) is 12.8 Å². The van der Waals surface area contributed by atoms with Gasteiger partial charge in [0.1, 0.15) is 5.82 Å². The molecule has 1 aromatic carbocycles. The number of halogens is 1. The largest absolute Gasteiger partial charge is 0.450 e. The van der Waals surface area contributed by atoms with Gasteiger partial charge < -0.3 is 20.3 Å². The highest BCUT2D eigenvalue weighted by molar-refractivity contribution is 5.89. The molecule has 7 heteroatoms. The standard InChI is InChI=1S/C15H20FN3O3/c1-2-22-15(21)18-13-7-4-8-19(10-13)14(20)17-12-6-3-5-11(16)9-12/h3,5-6,9,13H,2,4,7-8,10H2,1H3,(H,17,20)(H,18,21)/t13-/m1/s1. The molecule has 1 aliphatic rings. The van der Waals surface area contributed by atoms with Gasteiger partial charge in [-0.1, -0.05) is 6.07 Å². The van der Waals surface area contributed by atoms with Crippen molar-refractivity contribution in [2.24, 2.45) is 0 Å². The van der Waals surface area contributed by atoms with E-state index in [1.165, 1.54) is 18.2 Å². The average Bonchev–Trinajstić information content (AvgIpc) is 2.47. The smallest absolute Gasteiger partial charge is 0.407 e. The number of likely N-dealkylation sites (tertiary alicyclic amines) is 1. The first-order valence-electron chi connectivity index (χ1n) is 7.33. The molecule has 22 heavy (non-hydrogen) atoms. The lowest BCUT2D eigenvalue weighted by Crippen LogP contribution is -2.50. The summed E-state index contributed by atoms with van der Waals surface area (Å²) in [6.07, 6.45) is 1.11. The van der Waals surface area contributed by atoms with E-state index in [1.54, 1.807) is 17.9 Å². The summed E-state index contributed by atoms with van der Waals surface area (Å²) in [6.45, 7) is 3.05. The van der Waals surface area contributed by atoms with Gasteiger partial charge in [0, 0.05) is 24.8 Å². The van der Waals surface area contributed by atoms with Crippen LogP contribution in [0, 0.1) is 5.82 Å². The molecule has 120 valence electrons. The van der Waals surface area contributed by atoms with Gasteiger partial charge in [0.15, 0.2) is 0 Å². The highest BCUT2D eigenvalue weighted by Crippen LogP contribution is 2.14. The predicted molar refractivity (Wildman–Crippen MR) is 80.2 cm³/mol. The van der Waals surface area contributed by atoms with Crippen LogP contribution >= 0.6 is 0 Å². The summed E-state index contributed by atoms with van der Waals surface area (Å²) in [4.78, 5) is 25.2. The van der Waals surface area contributed by atoms with Crippen LogP contribution in [0.1, 0.15) is 19.8 Å². The fraction of sp³-hybridized carbons (Fsp3) is 0.467. The summed E-state index contributed by atoms with van der Waals surface area (Å²) in [5.74, 6) is -0.404. The molecular weight excluding hydrogens is 289 g/mol. The third kappa shape index (κ3) is 4.61. The minimum Gasteiger partial charge on any atom is -0.450 e. The summed E-state index contributed by atoms with van der Waals surface area (Å²) in [7, 11) is 0. The van der Waals surface area contributed by atoms with Crippen LogP contribution in [0.15, 0.2) is 24.3 Å². The van der Waals surface area contributed by atoms with E-state index in [9.17, 15) is 14.0 Å². The highest BCUT2D eigenvalue weighted by atomic mass is 19.1. The van der Waals surface area contributed by atoms with Crippen molar-refractivity contribution in [3.05, 3.63) is 30.1 Å². The van der Waals surface area contributed by atoms with Crippen LogP contribution < -0.4 is 10.6 Å². The number of benzene rings is 1. The number of hydrogen-bond acceptors (Lipinski definition) is 3. The van der Waals surface area contributed by atoms with Gasteiger partial charge in [-0.3, -0.25) is 0 Å². The zero-order chi connectivity index (χ0) is 15.9. The Balaban J connectivity index is 1.88. The van der Waals surface area contributed by atoms with E-state index in [2.05, 4.69) is 10.6 Å². The molecule has 0 aromatic heterocycles. The SMILES string of the molecule is CCOC(=O)N[C@@H]1CCCN(C(=O)Nc2cccc(F)c2)C1. The molecule has 1 fully saturated rings. The number of carbonyl (C=O) groups is 2. The third-order valence-corrected chi connectivity index (χ3v) is 3.38. The van der Waals surface area contributed by atoms with Crippen LogP contribution in [0.25, 0.3) is 0 Å². The second kappa shape index (κ2) is 7.63. The number of urea groups is 1. The van der Waals surface area contributed by atoms with Crippen molar-refractivity contribution in [3.8, 4) is 0 Å². The first-order chi connectivity index (χ1) is 10.6. The number of alkyl carbamates (subject to hydrolysis) is 1. The molecule has 1 aliphatic heterocycles. The fourth-order valence-electron chi connectivity index (χ4n) is 2.39. The summed E-state index contributed by atoms with van der Waals surface area (Å²) in [5.41, 5.74) is 0.408. The average molecular weight is 309 g/mol. The maximum atomic E-state index is 13.1. The zero-order valence-electron chi connectivity index (χ0n) is 12.5. The lowest BCUT2D eigenvalue weighted by Gasteiger charge is -2.32. The quantitative estimate of drug-likeness (QED) is 0.901. The number of carbonyl (C=O) groups excluding carboxylic acids is 2. The van der Waals surface area contributed by atoms with Crippen molar-refractivity contribution in [1.29, 1.82) is 0 Å². The van der Waals surface area contributed by atoms with Gasteiger partial charge >= 0.3 is 12.1 Å². The molecule has 1 heterocycles. The van der Waals surface area contributed by atoms with Crippen molar-refractivity contribution in [3.63, 3.8) is 0 Å². The molecule has 0 unspecified atom stereocenters. The molecule has 1 saturated heterocycles. The van der Waals surface area contributed by atoms with E-state index >= 15 is 0 Å². The van der Waals surface area contributed by atoms with Gasteiger partial charge in [-0.25, -0.2) is 14.0 Å². The van der Waals surface area contributed by atoms with Crippen molar-refractivity contribution >= 4 is 17.8 Å². The topological polar surface area (TPSA) is 70.7 Å². The van der Waals surface area contributed by atoms with Gasteiger partial charge in [0.05, 0.1) is 6.61 Å². The van der Waals surface area contributed by atoms with Crippen molar-refractivity contribution < 1.29 is 18.7 Å². The maximum absolute atomic E-state index is 13.1. The van der Waals surface area contributed by atoms with Gasteiger partial charge in [-0.15, -0.1) is 0 Å². The minimum atomic E-state index is -0.472. The molecule has 0 saturated carbocycles. The van der Waals surface area contributed by atoms with E-state index in [-0.39, 0.29) is 12.1 Å². The molecule has 2 N–H and O–H groups in total. The second-order valence-electron chi connectivity index (χ2n) is 5.09. The van der Waals surface area contributed by atoms with Crippen LogP contribution in [0.2, 0.25) is 0 Å². The number of ether oxygens (including phenoxy) is 1. The van der Waals surface area contributed by atoms with E-state index in [0.29, 0.717) is 25.4 Å². The first-order valence-corrected chi connectivity index (χ1v) is 7.33. The summed E-state index contributed by atoms with van der Waals surface area (Å²) in [6, 6.07) is 5.30. The Labute approximate surface area is 128 Å². The highest BCUT2D eigenvalue weighted by Gasteiger charge is 2.25. The molecule has 0 spiro atoms. The molecule has 6 nitrogen and oxygen atoms in total. The van der Waals surface area contributed by atoms with Gasteiger partial charge in [-0.05, 0) is 38.0 Å². The van der Waals surface area contributed by atoms with E-state index < -0.39 is 11.9 Å². The third-order valence-electron chi connectivity index (χ3n) is 3.38. The number of anilines is 1. The Morgan fingerprint density at radius 2 is 2.27 bits per heavy atom. The molecule has 0 aliphatic carbocycles. The number of amides is 3. The van der Waals surface area contributed by atoms with Crippen LogP contribution in [-0.2, 0) is 4.74 Å². The second-order valence-corrected chi connectivity index (χ2v) is 5.09. The number of nitrogens with zero attached hydrogens (tertiary/aromatic N) is 1. The van der Waals surface area contributed by atoms with Crippen LogP contribution in [-0.4, -0.2) is 42.8 Å². The lowest BCUT2D eigenvalue weighted by atomic mass is 10.1. The fourth-order valence-corrected chi connectivity index (χ4v) is 2.39. The molecule has 0 radical (unpaired) electrons. The van der Waals surface area contributed by atoms with Crippen LogP contribution in [0.5, 0.6) is 0 Å². The molecule has 2 rings (SSSR count). The molecule has 3 amide bonds. The minimum absolute atomic E-state index is 0.133. The van der Waals surface area contributed by atoms with E-state index in [1.807, 2.05) is 0 Å². The van der Waals surface area contributed by atoms with Crippen molar-refractivity contribution in [1.82, 2.24) is 10.2 Å². The lowest BCUT2D eigenvalue weighted by molar-refractivity contribution is 0.137. The normalized spacial score (nSPS) is 17.7. The summed E-state index contributed by atoms with van der Waals surface area (Å²) >= 11 is 0. The molecular formula is C15H20FN3O3. The molecule has 1 aromatic rings. The first kappa shape index (κ1) is 16.1. The summed E-state index contributed by atoms with van der Waals surface area (Å²) in [5, 5.41) is 5.39. The van der Waals surface area contributed by atoms with Crippen LogP contribution in [0.4, 0.5) is 19.7 Å². The van der Waals surface area contributed by atoms with Gasteiger partial charge in [0.25, 0.3) is 0 Å². The van der Waals surface area contributed by atoms with Crippen molar-refractivity contribution in [2.45, 2.75) is 25.8 Å². The van der Waals surface area contributed by atoms with Crippen LogP contribution in [0.3, 0.4) is 0 Å². The summed E-state index contributed by atoms with van der Waals surface area (Å²) < 4.78 is 17.9. The van der Waals surface area contributed by atoms with Gasteiger partial charge in [0.2, 0.25) is 0 Å². The number of nitrogens with one attached hydrogen (secondary N) is 2. The number of piperidine rings is 1. The Morgan fingerprint density at radius 3 is 3.00 bits per heavy atom. The maximum Gasteiger partial charge on any atom is 0.407 e. The monoisotopic (exact) mass is 309 g/mol.